The van der Waals surface area contributed by atoms with E-state index in [1.54, 1.807) is 31.0 Å². The number of methoxy groups -OCH3 is 1. The Labute approximate surface area is 170 Å². The van der Waals surface area contributed by atoms with Crippen LogP contribution in [-0.4, -0.2) is 43.5 Å². The van der Waals surface area contributed by atoms with Crippen LogP contribution in [0.3, 0.4) is 0 Å². The molecule has 0 aromatic heterocycles. The predicted octanol–water partition coefficient (Wildman–Crippen LogP) is 3.86. The number of amides is 2. The predicted molar refractivity (Wildman–Crippen MR) is 113 cm³/mol. The molecule has 2 aromatic rings. The zero-order chi connectivity index (χ0) is 20.8. The summed E-state index contributed by atoms with van der Waals surface area (Å²) in [4.78, 5) is 26.6. The second kappa shape index (κ2) is 9.57. The molecule has 150 valence electrons. The van der Waals surface area contributed by atoms with Gasteiger partial charge in [0.2, 0.25) is 11.8 Å². The van der Waals surface area contributed by atoms with E-state index in [0.29, 0.717) is 16.5 Å². The number of nitrogens with one attached hydrogen (secondary N) is 2. The molecule has 2 amide bonds. The lowest BCUT2D eigenvalue weighted by Gasteiger charge is -2.24. The van der Waals surface area contributed by atoms with Crippen LogP contribution in [0.2, 0.25) is 5.02 Å². The Kier molecular flexibility index (Phi) is 7.43. The van der Waals surface area contributed by atoms with Gasteiger partial charge in [0, 0.05) is 16.8 Å². The van der Waals surface area contributed by atoms with Crippen molar-refractivity contribution in [1.82, 2.24) is 4.90 Å². The molecule has 1 atom stereocenters. The number of ether oxygens (including phenoxy) is 1. The molecule has 2 aromatic carbocycles. The normalized spacial score (nSPS) is 11.8. The summed E-state index contributed by atoms with van der Waals surface area (Å²) in [6.45, 7) is 5.65. The third-order valence-corrected chi connectivity index (χ3v) is 4.91. The number of aryl methyl sites for hydroxylation is 2. The van der Waals surface area contributed by atoms with Gasteiger partial charge in [-0.05, 0) is 51.6 Å². The van der Waals surface area contributed by atoms with Crippen molar-refractivity contribution in [1.29, 1.82) is 0 Å². The molecule has 0 aliphatic heterocycles. The Hall–Kier alpha value is -2.57. The maximum Gasteiger partial charge on any atom is 0.241 e. The highest BCUT2D eigenvalue weighted by Crippen LogP contribution is 2.31. The Bertz CT molecular complexity index is 853. The minimum atomic E-state index is -0.524. The molecular weight excluding hydrogens is 378 g/mol. The standard InChI is InChI=1S/C21H26ClN3O3/c1-13-6-8-16(9-7-13)23-20(26)12-25(4)15(3)21(27)24-18-10-14(2)17(22)11-19(18)28-5/h6-11,15H,12H2,1-5H3,(H,23,26)(H,24,27). The van der Waals surface area contributed by atoms with Gasteiger partial charge in [-0.3, -0.25) is 14.5 Å². The summed E-state index contributed by atoms with van der Waals surface area (Å²) in [6, 6.07) is 10.4. The first-order chi connectivity index (χ1) is 13.2. The summed E-state index contributed by atoms with van der Waals surface area (Å²) in [5.74, 6) is 0.0486. The molecule has 0 fully saturated rings. The van der Waals surface area contributed by atoms with Crippen molar-refractivity contribution in [2.24, 2.45) is 0 Å². The van der Waals surface area contributed by atoms with Crippen molar-refractivity contribution >= 4 is 34.8 Å². The average Bonchev–Trinajstić information content (AvgIpc) is 2.65. The maximum atomic E-state index is 12.6. The second-order valence-electron chi connectivity index (χ2n) is 6.80. The fourth-order valence-electron chi connectivity index (χ4n) is 2.57. The molecule has 0 aliphatic carbocycles. The summed E-state index contributed by atoms with van der Waals surface area (Å²) >= 11 is 6.10. The molecule has 0 spiro atoms. The molecule has 0 saturated carbocycles. The van der Waals surface area contributed by atoms with E-state index in [1.165, 1.54) is 7.11 Å². The number of nitrogens with zero attached hydrogens (tertiary/aromatic N) is 1. The van der Waals surface area contributed by atoms with Crippen LogP contribution in [0.15, 0.2) is 36.4 Å². The van der Waals surface area contributed by atoms with Gasteiger partial charge in [-0.1, -0.05) is 29.3 Å². The third kappa shape index (κ3) is 5.71. The molecule has 1 unspecified atom stereocenters. The molecule has 0 bridgehead atoms. The number of likely N-dealkylation sites (N-methyl/N-ethyl adjacent to an activating group) is 1. The Morgan fingerprint density at radius 1 is 1.14 bits per heavy atom. The third-order valence-electron chi connectivity index (χ3n) is 4.51. The molecule has 0 radical (unpaired) electrons. The number of benzene rings is 2. The maximum absolute atomic E-state index is 12.6. The van der Waals surface area contributed by atoms with E-state index in [-0.39, 0.29) is 18.4 Å². The van der Waals surface area contributed by atoms with Gasteiger partial charge >= 0.3 is 0 Å². The molecular formula is C21H26ClN3O3. The van der Waals surface area contributed by atoms with Crippen molar-refractivity contribution in [3.05, 3.63) is 52.5 Å². The zero-order valence-corrected chi connectivity index (χ0v) is 17.6. The quantitative estimate of drug-likeness (QED) is 0.736. The van der Waals surface area contributed by atoms with E-state index < -0.39 is 6.04 Å². The number of hydrogen-bond acceptors (Lipinski definition) is 4. The van der Waals surface area contributed by atoms with Crippen LogP contribution in [0.25, 0.3) is 0 Å². The first-order valence-corrected chi connectivity index (χ1v) is 9.30. The monoisotopic (exact) mass is 403 g/mol. The minimum absolute atomic E-state index is 0.0826. The smallest absolute Gasteiger partial charge is 0.241 e. The van der Waals surface area contributed by atoms with Crippen molar-refractivity contribution in [3.8, 4) is 5.75 Å². The average molecular weight is 404 g/mol. The van der Waals surface area contributed by atoms with E-state index in [1.807, 2.05) is 38.1 Å². The van der Waals surface area contributed by atoms with Crippen LogP contribution in [0.1, 0.15) is 18.1 Å². The number of rotatable bonds is 7. The van der Waals surface area contributed by atoms with Gasteiger partial charge in [-0.2, -0.15) is 0 Å². The van der Waals surface area contributed by atoms with Crippen LogP contribution < -0.4 is 15.4 Å². The van der Waals surface area contributed by atoms with Gasteiger partial charge < -0.3 is 15.4 Å². The Balaban J connectivity index is 1.97. The van der Waals surface area contributed by atoms with E-state index in [4.69, 9.17) is 16.3 Å². The van der Waals surface area contributed by atoms with E-state index in [0.717, 1.165) is 16.8 Å². The number of halogens is 1. The summed E-state index contributed by atoms with van der Waals surface area (Å²) in [5, 5.41) is 6.23. The molecule has 7 heteroatoms. The summed E-state index contributed by atoms with van der Waals surface area (Å²) in [6.07, 6.45) is 0. The number of carbonyl (C=O) groups excluding carboxylic acids is 2. The van der Waals surface area contributed by atoms with Crippen LogP contribution in [0, 0.1) is 13.8 Å². The van der Waals surface area contributed by atoms with Crippen LogP contribution in [-0.2, 0) is 9.59 Å². The van der Waals surface area contributed by atoms with Gasteiger partial charge in [-0.25, -0.2) is 0 Å². The minimum Gasteiger partial charge on any atom is -0.495 e. The number of carbonyl (C=O) groups is 2. The van der Waals surface area contributed by atoms with Gasteiger partial charge in [0.25, 0.3) is 0 Å². The van der Waals surface area contributed by atoms with Gasteiger partial charge in [-0.15, -0.1) is 0 Å². The SMILES string of the molecule is COc1cc(Cl)c(C)cc1NC(=O)C(C)N(C)CC(=O)Nc1ccc(C)cc1. The first-order valence-electron chi connectivity index (χ1n) is 8.93. The van der Waals surface area contributed by atoms with E-state index in [2.05, 4.69) is 10.6 Å². The highest BCUT2D eigenvalue weighted by atomic mass is 35.5. The van der Waals surface area contributed by atoms with Crippen molar-refractivity contribution in [2.45, 2.75) is 26.8 Å². The van der Waals surface area contributed by atoms with Gasteiger partial charge in [0.05, 0.1) is 25.4 Å². The number of hydrogen-bond donors (Lipinski definition) is 2. The molecule has 0 aliphatic rings. The fourth-order valence-corrected chi connectivity index (χ4v) is 2.72. The van der Waals surface area contributed by atoms with Gasteiger partial charge in [0.15, 0.2) is 0 Å². The molecule has 2 N–H and O–H groups in total. The number of anilines is 2. The Morgan fingerprint density at radius 2 is 1.79 bits per heavy atom. The van der Waals surface area contributed by atoms with Crippen LogP contribution >= 0.6 is 11.6 Å². The molecule has 28 heavy (non-hydrogen) atoms. The first kappa shape index (κ1) is 21.7. The van der Waals surface area contributed by atoms with Crippen LogP contribution in [0.4, 0.5) is 11.4 Å². The zero-order valence-electron chi connectivity index (χ0n) is 16.8. The summed E-state index contributed by atoms with van der Waals surface area (Å²) in [5.41, 5.74) is 3.21. The molecule has 2 rings (SSSR count). The van der Waals surface area contributed by atoms with Crippen molar-refractivity contribution < 1.29 is 14.3 Å². The van der Waals surface area contributed by atoms with Crippen LogP contribution in [0.5, 0.6) is 5.75 Å². The molecule has 0 saturated heterocycles. The summed E-state index contributed by atoms with van der Waals surface area (Å²) in [7, 11) is 3.24. The lowest BCUT2D eigenvalue weighted by molar-refractivity contribution is -0.122. The van der Waals surface area contributed by atoms with E-state index >= 15 is 0 Å². The second-order valence-corrected chi connectivity index (χ2v) is 7.20. The fraction of sp³-hybridized carbons (Fsp3) is 0.333. The van der Waals surface area contributed by atoms with Crippen molar-refractivity contribution in [3.63, 3.8) is 0 Å². The Morgan fingerprint density at radius 3 is 2.39 bits per heavy atom. The lowest BCUT2D eigenvalue weighted by atomic mass is 10.2. The lowest BCUT2D eigenvalue weighted by Crippen LogP contribution is -2.43. The highest BCUT2D eigenvalue weighted by Gasteiger charge is 2.21. The van der Waals surface area contributed by atoms with Gasteiger partial charge in [0.1, 0.15) is 5.75 Å². The van der Waals surface area contributed by atoms with E-state index in [9.17, 15) is 9.59 Å². The van der Waals surface area contributed by atoms with Crippen molar-refractivity contribution in [2.75, 3.05) is 31.3 Å². The highest BCUT2D eigenvalue weighted by molar-refractivity contribution is 6.31. The molecule has 0 heterocycles. The summed E-state index contributed by atoms with van der Waals surface area (Å²) < 4.78 is 5.28. The molecule has 6 nitrogen and oxygen atoms in total. The largest absolute Gasteiger partial charge is 0.495 e. The topological polar surface area (TPSA) is 70.7 Å².